The molecule has 0 radical (unpaired) electrons. The molecule has 0 heterocycles. The van der Waals surface area contributed by atoms with Crippen LogP contribution >= 0.6 is 0 Å². The fourth-order valence-electron chi connectivity index (χ4n) is 1.73. The van der Waals surface area contributed by atoms with Crippen molar-refractivity contribution in [1.29, 1.82) is 5.26 Å². The quantitative estimate of drug-likeness (QED) is 0.672. The maximum atomic E-state index is 11.9. The Kier molecular flexibility index (Phi) is 2.84. The Balaban J connectivity index is 2.58. The maximum absolute atomic E-state index is 11.9. The third-order valence-electron chi connectivity index (χ3n) is 3.17. The highest BCUT2D eigenvalue weighted by atomic mass is 16.2. The maximum Gasteiger partial charge on any atom is 0.226 e. The van der Waals surface area contributed by atoms with Gasteiger partial charge in [-0.15, -0.1) is 0 Å². The predicted molar refractivity (Wildman–Crippen MR) is 54.4 cm³/mol. The van der Waals surface area contributed by atoms with Crippen molar-refractivity contribution in [3.63, 3.8) is 0 Å². The van der Waals surface area contributed by atoms with Crippen LogP contribution in [0.5, 0.6) is 0 Å². The molecule has 14 heavy (non-hydrogen) atoms. The number of hydrogen-bond acceptors (Lipinski definition) is 2. The van der Waals surface area contributed by atoms with Crippen molar-refractivity contribution in [2.45, 2.75) is 39.2 Å². The molecule has 3 nitrogen and oxygen atoms in total. The first kappa shape index (κ1) is 11.0. The van der Waals surface area contributed by atoms with Crippen LogP contribution in [-0.2, 0) is 4.79 Å². The highest BCUT2D eigenvalue weighted by Crippen LogP contribution is 2.35. The van der Waals surface area contributed by atoms with Gasteiger partial charge in [-0.2, -0.15) is 5.26 Å². The molecule has 0 saturated heterocycles. The first-order valence-electron chi connectivity index (χ1n) is 5.07. The van der Waals surface area contributed by atoms with Crippen molar-refractivity contribution in [2.75, 3.05) is 7.05 Å². The summed E-state index contributed by atoms with van der Waals surface area (Å²) in [6, 6.07) is 2.14. The van der Waals surface area contributed by atoms with Crippen LogP contribution in [0, 0.1) is 23.2 Å². The minimum absolute atomic E-state index is 0.120. The van der Waals surface area contributed by atoms with Gasteiger partial charge in [-0.05, 0) is 32.6 Å². The molecular formula is C11H18N2O. The topological polar surface area (TPSA) is 44.1 Å². The van der Waals surface area contributed by atoms with E-state index in [9.17, 15) is 4.79 Å². The molecule has 0 aliphatic heterocycles. The lowest BCUT2D eigenvalue weighted by Gasteiger charge is -2.38. The van der Waals surface area contributed by atoms with Crippen LogP contribution in [0.4, 0.5) is 0 Å². The van der Waals surface area contributed by atoms with Crippen molar-refractivity contribution in [1.82, 2.24) is 4.90 Å². The highest BCUT2D eigenvalue weighted by molar-refractivity contribution is 5.80. The van der Waals surface area contributed by atoms with Gasteiger partial charge in [0.1, 0.15) is 5.54 Å². The zero-order chi connectivity index (χ0) is 10.9. The molecule has 1 aliphatic rings. The molecular weight excluding hydrogens is 176 g/mol. The minimum atomic E-state index is -0.685. The van der Waals surface area contributed by atoms with Crippen LogP contribution in [-0.4, -0.2) is 23.4 Å². The lowest BCUT2D eigenvalue weighted by atomic mass is 9.75. The lowest BCUT2D eigenvalue weighted by molar-refractivity contribution is -0.141. The van der Waals surface area contributed by atoms with Crippen LogP contribution in [0.1, 0.15) is 33.6 Å². The van der Waals surface area contributed by atoms with Crippen LogP contribution in [0.15, 0.2) is 0 Å². The van der Waals surface area contributed by atoms with Gasteiger partial charge < -0.3 is 4.90 Å². The molecule has 78 valence electrons. The van der Waals surface area contributed by atoms with E-state index in [4.69, 9.17) is 5.26 Å². The molecule has 0 bridgehead atoms. The van der Waals surface area contributed by atoms with Gasteiger partial charge in [0.05, 0.1) is 6.07 Å². The van der Waals surface area contributed by atoms with E-state index in [1.54, 1.807) is 25.8 Å². The van der Waals surface area contributed by atoms with Gasteiger partial charge in [0.2, 0.25) is 5.91 Å². The molecule has 0 atom stereocenters. The molecule has 0 unspecified atom stereocenters. The number of hydrogen-bond donors (Lipinski definition) is 0. The largest absolute Gasteiger partial charge is 0.327 e. The SMILES string of the molecule is CC1CC(C(=O)N(C)C(C)(C)C#N)C1. The average molecular weight is 194 g/mol. The average Bonchev–Trinajstić information content (AvgIpc) is 2.10. The summed E-state index contributed by atoms with van der Waals surface area (Å²) < 4.78 is 0. The number of amides is 1. The van der Waals surface area contributed by atoms with Gasteiger partial charge in [0.15, 0.2) is 0 Å². The molecule has 1 aliphatic carbocycles. The zero-order valence-electron chi connectivity index (χ0n) is 9.37. The van der Waals surface area contributed by atoms with Crippen LogP contribution in [0.2, 0.25) is 0 Å². The van der Waals surface area contributed by atoms with E-state index in [-0.39, 0.29) is 11.8 Å². The second kappa shape index (κ2) is 3.61. The normalized spacial score (nSPS) is 26.2. The van der Waals surface area contributed by atoms with Gasteiger partial charge in [-0.1, -0.05) is 6.92 Å². The van der Waals surface area contributed by atoms with Crippen molar-refractivity contribution in [3.8, 4) is 6.07 Å². The third-order valence-corrected chi connectivity index (χ3v) is 3.17. The third kappa shape index (κ3) is 1.89. The van der Waals surface area contributed by atoms with Crippen LogP contribution in [0.25, 0.3) is 0 Å². The van der Waals surface area contributed by atoms with Crippen molar-refractivity contribution in [2.24, 2.45) is 11.8 Å². The highest BCUT2D eigenvalue weighted by Gasteiger charge is 2.37. The molecule has 0 spiro atoms. The van der Waals surface area contributed by atoms with Crippen molar-refractivity contribution >= 4 is 5.91 Å². The second-order valence-electron chi connectivity index (χ2n) is 4.84. The van der Waals surface area contributed by atoms with Crippen molar-refractivity contribution in [3.05, 3.63) is 0 Å². The lowest BCUT2D eigenvalue weighted by Crippen LogP contribution is -2.49. The molecule has 0 aromatic rings. The Hall–Kier alpha value is -1.04. The van der Waals surface area contributed by atoms with Crippen LogP contribution in [0.3, 0.4) is 0 Å². The zero-order valence-corrected chi connectivity index (χ0v) is 9.37. The second-order valence-corrected chi connectivity index (χ2v) is 4.84. The first-order chi connectivity index (χ1) is 6.38. The standard InChI is InChI=1S/C11H18N2O/c1-8-5-9(6-8)10(14)13(4)11(2,3)7-12/h8-9H,5-6H2,1-4H3. The van der Waals surface area contributed by atoms with E-state index in [1.807, 2.05) is 0 Å². The molecule has 3 heteroatoms. The Bertz CT molecular complexity index is 272. The monoisotopic (exact) mass is 194 g/mol. The minimum Gasteiger partial charge on any atom is -0.327 e. The number of carbonyl (C=O) groups is 1. The molecule has 1 rings (SSSR count). The fourth-order valence-corrected chi connectivity index (χ4v) is 1.73. The smallest absolute Gasteiger partial charge is 0.226 e. The Morgan fingerprint density at radius 2 is 2.00 bits per heavy atom. The predicted octanol–water partition coefficient (Wildman–Crippen LogP) is 1.79. The summed E-state index contributed by atoms with van der Waals surface area (Å²) in [6.07, 6.45) is 1.95. The first-order valence-corrected chi connectivity index (χ1v) is 5.07. The summed E-state index contributed by atoms with van der Waals surface area (Å²) in [5.74, 6) is 0.944. The Labute approximate surface area is 85.7 Å². The van der Waals surface area contributed by atoms with Gasteiger partial charge in [-0.3, -0.25) is 4.79 Å². The van der Waals surface area contributed by atoms with Gasteiger partial charge in [-0.25, -0.2) is 0 Å². The van der Waals surface area contributed by atoms with Crippen molar-refractivity contribution < 1.29 is 4.79 Å². The van der Waals surface area contributed by atoms with E-state index in [0.29, 0.717) is 5.92 Å². The van der Waals surface area contributed by atoms with E-state index in [2.05, 4.69) is 13.0 Å². The van der Waals surface area contributed by atoms with Gasteiger partial charge in [0, 0.05) is 13.0 Å². The molecule has 0 aromatic carbocycles. The summed E-state index contributed by atoms with van der Waals surface area (Å²) in [5, 5.41) is 8.89. The van der Waals surface area contributed by atoms with E-state index in [1.165, 1.54) is 0 Å². The van der Waals surface area contributed by atoms with E-state index < -0.39 is 5.54 Å². The number of rotatable bonds is 2. The van der Waals surface area contributed by atoms with E-state index in [0.717, 1.165) is 12.8 Å². The fraction of sp³-hybridized carbons (Fsp3) is 0.818. The molecule has 1 saturated carbocycles. The Morgan fingerprint density at radius 3 is 2.36 bits per heavy atom. The molecule has 1 fully saturated rings. The summed E-state index contributed by atoms with van der Waals surface area (Å²) in [4.78, 5) is 13.4. The summed E-state index contributed by atoms with van der Waals surface area (Å²) in [7, 11) is 1.72. The van der Waals surface area contributed by atoms with Crippen LogP contribution < -0.4 is 0 Å². The number of carbonyl (C=O) groups excluding carboxylic acids is 1. The summed E-state index contributed by atoms with van der Waals surface area (Å²) >= 11 is 0. The molecule has 1 amide bonds. The van der Waals surface area contributed by atoms with E-state index >= 15 is 0 Å². The van der Waals surface area contributed by atoms with Gasteiger partial charge >= 0.3 is 0 Å². The summed E-state index contributed by atoms with van der Waals surface area (Å²) in [5.41, 5.74) is -0.685. The molecule has 0 aromatic heterocycles. The number of nitrogens with zero attached hydrogens (tertiary/aromatic N) is 2. The Morgan fingerprint density at radius 1 is 1.50 bits per heavy atom. The number of nitriles is 1. The summed E-state index contributed by atoms with van der Waals surface area (Å²) in [6.45, 7) is 5.69. The molecule has 0 N–H and O–H groups in total. The van der Waals surface area contributed by atoms with Gasteiger partial charge in [0.25, 0.3) is 0 Å².